The standard InChI is InChI=1S/C16H18N2O2/c19-16(18-10-6-1-2-7-11-18)14-15(20-12-17-14)13-8-4-3-5-9-13/h3-5,8-9,12H,1-2,6-7,10-11H2. The van der Waals surface area contributed by atoms with Crippen molar-refractivity contribution in [2.75, 3.05) is 13.1 Å². The highest BCUT2D eigenvalue weighted by molar-refractivity contribution is 5.97. The lowest BCUT2D eigenvalue weighted by molar-refractivity contribution is 0.0757. The number of hydrogen-bond donors (Lipinski definition) is 0. The van der Waals surface area contributed by atoms with Crippen LogP contribution in [-0.4, -0.2) is 28.9 Å². The van der Waals surface area contributed by atoms with Gasteiger partial charge in [0.25, 0.3) is 5.91 Å². The molecule has 0 N–H and O–H groups in total. The molecule has 1 aliphatic heterocycles. The quantitative estimate of drug-likeness (QED) is 0.840. The fourth-order valence-corrected chi connectivity index (χ4v) is 2.62. The van der Waals surface area contributed by atoms with Gasteiger partial charge in [-0.25, -0.2) is 4.98 Å². The monoisotopic (exact) mass is 270 g/mol. The Balaban J connectivity index is 1.87. The lowest BCUT2D eigenvalue weighted by atomic mass is 10.1. The molecule has 1 aromatic carbocycles. The van der Waals surface area contributed by atoms with E-state index in [2.05, 4.69) is 4.98 Å². The van der Waals surface area contributed by atoms with Crippen LogP contribution in [0.4, 0.5) is 0 Å². The van der Waals surface area contributed by atoms with E-state index in [1.807, 2.05) is 35.2 Å². The van der Waals surface area contributed by atoms with Gasteiger partial charge in [0.2, 0.25) is 0 Å². The Morgan fingerprint density at radius 1 is 1.05 bits per heavy atom. The van der Waals surface area contributed by atoms with Crippen molar-refractivity contribution >= 4 is 5.91 Å². The summed E-state index contributed by atoms with van der Waals surface area (Å²) in [6, 6.07) is 9.66. The van der Waals surface area contributed by atoms with E-state index < -0.39 is 0 Å². The fourth-order valence-electron chi connectivity index (χ4n) is 2.62. The van der Waals surface area contributed by atoms with Gasteiger partial charge < -0.3 is 9.32 Å². The van der Waals surface area contributed by atoms with E-state index in [-0.39, 0.29) is 5.91 Å². The van der Waals surface area contributed by atoms with Crippen LogP contribution in [0.2, 0.25) is 0 Å². The maximum Gasteiger partial charge on any atom is 0.276 e. The van der Waals surface area contributed by atoms with Gasteiger partial charge in [0.05, 0.1) is 0 Å². The Bertz CT molecular complexity index is 569. The second kappa shape index (κ2) is 5.90. The van der Waals surface area contributed by atoms with E-state index in [1.54, 1.807) is 0 Å². The molecule has 0 radical (unpaired) electrons. The van der Waals surface area contributed by atoms with Crippen LogP contribution in [0.3, 0.4) is 0 Å². The lowest BCUT2D eigenvalue weighted by Crippen LogP contribution is -2.32. The molecule has 4 heteroatoms. The van der Waals surface area contributed by atoms with Crippen molar-refractivity contribution in [1.82, 2.24) is 9.88 Å². The van der Waals surface area contributed by atoms with Gasteiger partial charge in [0, 0.05) is 18.7 Å². The van der Waals surface area contributed by atoms with Crippen LogP contribution in [0.5, 0.6) is 0 Å². The summed E-state index contributed by atoms with van der Waals surface area (Å²) in [7, 11) is 0. The van der Waals surface area contributed by atoms with Gasteiger partial charge in [0.1, 0.15) is 0 Å². The maximum absolute atomic E-state index is 12.6. The van der Waals surface area contributed by atoms with Gasteiger partial charge in [-0.05, 0) is 12.8 Å². The molecule has 20 heavy (non-hydrogen) atoms. The summed E-state index contributed by atoms with van der Waals surface area (Å²) in [4.78, 5) is 18.7. The molecule has 2 heterocycles. The summed E-state index contributed by atoms with van der Waals surface area (Å²) in [5, 5.41) is 0. The zero-order chi connectivity index (χ0) is 13.8. The Morgan fingerprint density at radius 2 is 1.75 bits per heavy atom. The average Bonchev–Trinajstić information content (AvgIpc) is 2.82. The number of aromatic nitrogens is 1. The number of carbonyl (C=O) groups is 1. The molecule has 1 fully saturated rings. The number of rotatable bonds is 2. The highest BCUT2D eigenvalue weighted by Gasteiger charge is 2.24. The van der Waals surface area contributed by atoms with Crippen molar-refractivity contribution in [2.24, 2.45) is 0 Å². The van der Waals surface area contributed by atoms with E-state index in [9.17, 15) is 4.79 Å². The van der Waals surface area contributed by atoms with Crippen LogP contribution in [0, 0.1) is 0 Å². The molecule has 0 saturated carbocycles. The summed E-state index contributed by atoms with van der Waals surface area (Å²) in [5.74, 6) is 0.555. The number of oxazole rings is 1. The van der Waals surface area contributed by atoms with Gasteiger partial charge in [-0.15, -0.1) is 0 Å². The predicted octanol–water partition coefficient (Wildman–Crippen LogP) is 3.36. The third-order valence-corrected chi connectivity index (χ3v) is 3.70. The van der Waals surface area contributed by atoms with Gasteiger partial charge in [-0.1, -0.05) is 43.2 Å². The molecule has 3 rings (SSSR count). The van der Waals surface area contributed by atoms with E-state index in [1.165, 1.54) is 19.2 Å². The number of amides is 1. The van der Waals surface area contributed by atoms with Crippen molar-refractivity contribution in [2.45, 2.75) is 25.7 Å². The SMILES string of the molecule is O=C(c1ncoc1-c1ccccc1)N1CCCCCC1. The van der Waals surface area contributed by atoms with E-state index in [4.69, 9.17) is 4.42 Å². The summed E-state index contributed by atoms with van der Waals surface area (Å²) < 4.78 is 5.44. The zero-order valence-electron chi connectivity index (χ0n) is 11.4. The first kappa shape index (κ1) is 12.9. The molecule has 2 aromatic rings. The molecule has 0 unspecified atom stereocenters. The molecule has 0 atom stereocenters. The van der Waals surface area contributed by atoms with Crippen LogP contribution in [0.1, 0.15) is 36.2 Å². The number of carbonyl (C=O) groups excluding carboxylic acids is 1. The Labute approximate surface area is 118 Å². The van der Waals surface area contributed by atoms with Crippen LogP contribution < -0.4 is 0 Å². The first-order valence-corrected chi connectivity index (χ1v) is 7.14. The lowest BCUT2D eigenvalue weighted by Gasteiger charge is -2.19. The number of nitrogens with zero attached hydrogens (tertiary/aromatic N) is 2. The van der Waals surface area contributed by atoms with Gasteiger partial charge in [0.15, 0.2) is 17.8 Å². The second-order valence-electron chi connectivity index (χ2n) is 5.10. The number of hydrogen-bond acceptors (Lipinski definition) is 3. The second-order valence-corrected chi connectivity index (χ2v) is 5.10. The third kappa shape index (κ3) is 2.59. The highest BCUT2D eigenvalue weighted by atomic mass is 16.3. The van der Waals surface area contributed by atoms with Crippen molar-refractivity contribution in [1.29, 1.82) is 0 Å². The first-order chi connectivity index (χ1) is 9.86. The molecule has 1 saturated heterocycles. The predicted molar refractivity (Wildman–Crippen MR) is 76.3 cm³/mol. The summed E-state index contributed by atoms with van der Waals surface area (Å²) >= 11 is 0. The molecule has 1 aromatic heterocycles. The molecule has 0 bridgehead atoms. The van der Waals surface area contributed by atoms with Gasteiger partial charge >= 0.3 is 0 Å². The molecular weight excluding hydrogens is 252 g/mol. The van der Waals surface area contributed by atoms with Crippen LogP contribution in [-0.2, 0) is 0 Å². The summed E-state index contributed by atoms with van der Waals surface area (Å²) in [6.07, 6.45) is 5.91. The Hall–Kier alpha value is -2.10. The molecule has 104 valence electrons. The summed E-state index contributed by atoms with van der Waals surface area (Å²) in [5.41, 5.74) is 1.32. The minimum absolute atomic E-state index is 0.0143. The van der Waals surface area contributed by atoms with E-state index in [0.29, 0.717) is 11.5 Å². The van der Waals surface area contributed by atoms with Gasteiger partial charge in [-0.2, -0.15) is 0 Å². The normalized spacial score (nSPS) is 15.9. The molecule has 0 spiro atoms. The van der Waals surface area contributed by atoms with Crippen molar-refractivity contribution in [3.05, 3.63) is 42.4 Å². The smallest absolute Gasteiger partial charge is 0.276 e. The maximum atomic E-state index is 12.6. The molecule has 1 amide bonds. The molecule has 4 nitrogen and oxygen atoms in total. The van der Waals surface area contributed by atoms with E-state index in [0.717, 1.165) is 31.5 Å². The molecule has 1 aliphatic rings. The van der Waals surface area contributed by atoms with E-state index >= 15 is 0 Å². The zero-order valence-corrected chi connectivity index (χ0v) is 11.4. The van der Waals surface area contributed by atoms with Gasteiger partial charge in [-0.3, -0.25) is 4.79 Å². The molecule has 0 aliphatic carbocycles. The van der Waals surface area contributed by atoms with Crippen LogP contribution >= 0.6 is 0 Å². The Kier molecular flexibility index (Phi) is 3.81. The van der Waals surface area contributed by atoms with Crippen LogP contribution in [0.25, 0.3) is 11.3 Å². The minimum atomic E-state index is -0.0143. The third-order valence-electron chi connectivity index (χ3n) is 3.70. The van der Waals surface area contributed by atoms with Crippen molar-refractivity contribution in [3.8, 4) is 11.3 Å². The average molecular weight is 270 g/mol. The van der Waals surface area contributed by atoms with Crippen molar-refractivity contribution < 1.29 is 9.21 Å². The number of likely N-dealkylation sites (tertiary alicyclic amines) is 1. The fraction of sp³-hybridized carbons (Fsp3) is 0.375. The first-order valence-electron chi connectivity index (χ1n) is 7.14. The molecular formula is C16H18N2O2. The van der Waals surface area contributed by atoms with Crippen molar-refractivity contribution in [3.63, 3.8) is 0 Å². The Morgan fingerprint density at radius 3 is 2.45 bits per heavy atom. The number of benzene rings is 1. The van der Waals surface area contributed by atoms with Crippen LogP contribution in [0.15, 0.2) is 41.1 Å². The minimum Gasteiger partial charge on any atom is -0.443 e. The largest absolute Gasteiger partial charge is 0.443 e. The highest BCUT2D eigenvalue weighted by Crippen LogP contribution is 2.24. The summed E-state index contributed by atoms with van der Waals surface area (Å²) in [6.45, 7) is 1.64. The topological polar surface area (TPSA) is 46.3 Å².